The van der Waals surface area contributed by atoms with Crippen LogP contribution < -0.4 is 10.1 Å². The Morgan fingerprint density at radius 1 is 1.17 bits per heavy atom. The van der Waals surface area contributed by atoms with E-state index in [0.717, 1.165) is 16.9 Å². The molecule has 0 radical (unpaired) electrons. The van der Waals surface area contributed by atoms with Crippen LogP contribution in [0, 0.1) is 19.8 Å². The van der Waals surface area contributed by atoms with Gasteiger partial charge in [0.2, 0.25) is 5.91 Å². The molecule has 5 heteroatoms. The quantitative estimate of drug-likeness (QED) is 0.909. The molecular formula is C19H19NO4. The molecule has 1 amide bonds. The number of aryl methyl sites for hydroxylation is 2. The topological polar surface area (TPSA) is 75.6 Å². The molecule has 1 aliphatic rings. The molecule has 2 N–H and O–H groups in total. The molecule has 24 heavy (non-hydrogen) atoms. The van der Waals surface area contributed by atoms with E-state index in [1.165, 1.54) is 6.07 Å². The lowest BCUT2D eigenvalue weighted by molar-refractivity contribution is -0.121. The maximum absolute atomic E-state index is 12.6. The number of carbonyl (C=O) groups excluding carboxylic acids is 1. The van der Waals surface area contributed by atoms with E-state index >= 15 is 0 Å². The molecule has 1 aliphatic heterocycles. The number of carboxylic acids is 1. The molecule has 1 atom stereocenters. The Bertz CT molecular complexity index is 813. The zero-order valence-electron chi connectivity index (χ0n) is 13.6. The average Bonchev–Trinajstić information content (AvgIpc) is 2.56. The number of carboxylic acid groups (broad SMARTS) is 1. The predicted molar refractivity (Wildman–Crippen MR) is 90.6 cm³/mol. The normalized spacial score (nSPS) is 16.0. The fourth-order valence-electron chi connectivity index (χ4n) is 2.95. The number of anilines is 1. The molecule has 0 fully saturated rings. The van der Waals surface area contributed by atoms with E-state index < -0.39 is 5.97 Å². The highest BCUT2D eigenvalue weighted by molar-refractivity contribution is 5.96. The predicted octanol–water partition coefficient (Wildman–Crippen LogP) is 3.19. The van der Waals surface area contributed by atoms with Crippen molar-refractivity contribution in [2.24, 2.45) is 5.92 Å². The molecule has 1 unspecified atom stereocenters. The second-order valence-corrected chi connectivity index (χ2v) is 6.10. The summed E-state index contributed by atoms with van der Waals surface area (Å²) in [6, 6.07) is 11.0. The molecule has 0 aromatic heterocycles. The summed E-state index contributed by atoms with van der Waals surface area (Å²) < 4.78 is 5.65. The number of amides is 1. The smallest absolute Gasteiger partial charge is 0.336 e. The van der Waals surface area contributed by atoms with E-state index in [0.29, 0.717) is 24.3 Å². The monoisotopic (exact) mass is 325 g/mol. The Morgan fingerprint density at radius 2 is 1.92 bits per heavy atom. The Morgan fingerprint density at radius 3 is 2.67 bits per heavy atom. The number of nitrogens with one attached hydrogen (secondary N) is 1. The molecular weight excluding hydrogens is 306 g/mol. The second-order valence-electron chi connectivity index (χ2n) is 6.10. The van der Waals surface area contributed by atoms with Crippen LogP contribution in [0.1, 0.15) is 27.0 Å². The first kappa shape index (κ1) is 16.1. The van der Waals surface area contributed by atoms with Crippen molar-refractivity contribution in [3.8, 4) is 5.75 Å². The zero-order chi connectivity index (χ0) is 17.3. The van der Waals surface area contributed by atoms with Gasteiger partial charge < -0.3 is 15.2 Å². The Labute approximate surface area is 140 Å². The van der Waals surface area contributed by atoms with Crippen molar-refractivity contribution in [2.45, 2.75) is 20.3 Å². The molecule has 0 saturated carbocycles. The van der Waals surface area contributed by atoms with Crippen LogP contribution in [0.3, 0.4) is 0 Å². The first-order valence-electron chi connectivity index (χ1n) is 7.82. The number of carbonyl (C=O) groups is 2. The molecule has 0 spiro atoms. The van der Waals surface area contributed by atoms with E-state index in [9.17, 15) is 14.7 Å². The lowest BCUT2D eigenvalue weighted by Crippen LogP contribution is -2.32. The minimum atomic E-state index is -1.00. The summed E-state index contributed by atoms with van der Waals surface area (Å²) in [4.78, 5) is 23.8. The molecule has 0 bridgehead atoms. The first-order chi connectivity index (χ1) is 11.5. The minimum absolute atomic E-state index is 0.159. The van der Waals surface area contributed by atoms with Gasteiger partial charge in [-0.3, -0.25) is 4.79 Å². The van der Waals surface area contributed by atoms with E-state index in [1.54, 1.807) is 13.0 Å². The second kappa shape index (κ2) is 6.35. The van der Waals surface area contributed by atoms with Gasteiger partial charge in [-0.2, -0.15) is 0 Å². The Hall–Kier alpha value is -2.82. The van der Waals surface area contributed by atoms with Crippen LogP contribution >= 0.6 is 0 Å². The number of hydrogen-bond donors (Lipinski definition) is 2. The zero-order valence-corrected chi connectivity index (χ0v) is 13.6. The van der Waals surface area contributed by atoms with Crippen LogP contribution in [-0.4, -0.2) is 23.6 Å². The van der Waals surface area contributed by atoms with E-state index in [2.05, 4.69) is 5.32 Å². The standard InChI is InChI=1S/C19H19NO4/c1-11-7-12(2)16(9-15(11)19(22)23)20-18(21)14-8-13-5-3-4-6-17(13)24-10-14/h3-7,9,14H,8,10H2,1-2H3,(H,20,21)(H,22,23). The SMILES string of the molecule is Cc1cc(C)c(C(=O)O)cc1NC(=O)C1COc2ccccc2C1. The van der Waals surface area contributed by atoms with Crippen LogP contribution in [-0.2, 0) is 11.2 Å². The van der Waals surface area contributed by atoms with Gasteiger partial charge in [-0.15, -0.1) is 0 Å². The highest BCUT2D eigenvalue weighted by Crippen LogP contribution is 2.28. The molecule has 0 aliphatic carbocycles. The number of benzene rings is 2. The van der Waals surface area contributed by atoms with Crippen molar-refractivity contribution in [1.82, 2.24) is 0 Å². The molecule has 0 saturated heterocycles. The van der Waals surface area contributed by atoms with Gasteiger partial charge in [-0.1, -0.05) is 24.3 Å². The molecule has 3 rings (SSSR count). The summed E-state index contributed by atoms with van der Waals surface area (Å²) in [5.41, 5.74) is 3.25. The summed E-state index contributed by atoms with van der Waals surface area (Å²) in [5.74, 6) is -0.638. The molecule has 1 heterocycles. The largest absolute Gasteiger partial charge is 0.492 e. The van der Waals surface area contributed by atoms with Gasteiger partial charge in [-0.05, 0) is 49.1 Å². The summed E-state index contributed by atoms with van der Waals surface area (Å²) >= 11 is 0. The highest BCUT2D eigenvalue weighted by atomic mass is 16.5. The summed E-state index contributed by atoms with van der Waals surface area (Å²) in [6.07, 6.45) is 0.610. The van der Waals surface area contributed by atoms with Crippen molar-refractivity contribution in [3.63, 3.8) is 0 Å². The third-order valence-electron chi connectivity index (χ3n) is 4.31. The van der Waals surface area contributed by atoms with Gasteiger partial charge in [0, 0.05) is 5.69 Å². The fraction of sp³-hybridized carbons (Fsp3) is 0.263. The molecule has 5 nitrogen and oxygen atoms in total. The first-order valence-corrected chi connectivity index (χ1v) is 7.82. The lowest BCUT2D eigenvalue weighted by atomic mass is 9.95. The highest BCUT2D eigenvalue weighted by Gasteiger charge is 2.26. The van der Waals surface area contributed by atoms with Crippen LogP contribution in [0.5, 0.6) is 5.75 Å². The maximum atomic E-state index is 12.6. The van der Waals surface area contributed by atoms with Gasteiger partial charge in [-0.25, -0.2) is 4.79 Å². The van der Waals surface area contributed by atoms with Gasteiger partial charge in [0.25, 0.3) is 0 Å². The van der Waals surface area contributed by atoms with Crippen LogP contribution in [0.4, 0.5) is 5.69 Å². The lowest BCUT2D eigenvalue weighted by Gasteiger charge is -2.25. The van der Waals surface area contributed by atoms with Gasteiger partial charge in [0.1, 0.15) is 12.4 Å². The van der Waals surface area contributed by atoms with Gasteiger partial charge >= 0.3 is 5.97 Å². The molecule has 2 aromatic rings. The van der Waals surface area contributed by atoms with Crippen LogP contribution in [0.25, 0.3) is 0 Å². The van der Waals surface area contributed by atoms with E-state index in [1.807, 2.05) is 31.2 Å². The summed E-state index contributed by atoms with van der Waals surface area (Å²) in [5, 5.41) is 12.1. The van der Waals surface area contributed by atoms with Crippen molar-refractivity contribution >= 4 is 17.6 Å². The van der Waals surface area contributed by atoms with Crippen molar-refractivity contribution in [3.05, 3.63) is 58.7 Å². The van der Waals surface area contributed by atoms with E-state index in [4.69, 9.17) is 4.74 Å². The molecule has 124 valence electrons. The number of hydrogen-bond acceptors (Lipinski definition) is 3. The number of aromatic carboxylic acids is 1. The fourth-order valence-corrected chi connectivity index (χ4v) is 2.95. The van der Waals surface area contributed by atoms with E-state index in [-0.39, 0.29) is 17.4 Å². The third kappa shape index (κ3) is 3.11. The number of fused-ring (bicyclic) bond motifs is 1. The van der Waals surface area contributed by atoms with Gasteiger partial charge in [0.15, 0.2) is 0 Å². The number of rotatable bonds is 3. The summed E-state index contributed by atoms with van der Waals surface area (Å²) in [7, 11) is 0. The third-order valence-corrected chi connectivity index (χ3v) is 4.31. The van der Waals surface area contributed by atoms with Crippen molar-refractivity contribution < 1.29 is 19.4 Å². The summed E-state index contributed by atoms with van der Waals surface area (Å²) in [6.45, 7) is 3.91. The molecule has 2 aromatic carbocycles. The van der Waals surface area contributed by atoms with Crippen LogP contribution in [0.15, 0.2) is 36.4 Å². The van der Waals surface area contributed by atoms with Gasteiger partial charge in [0.05, 0.1) is 11.5 Å². The number of para-hydroxylation sites is 1. The Balaban J connectivity index is 1.79. The van der Waals surface area contributed by atoms with Crippen molar-refractivity contribution in [1.29, 1.82) is 0 Å². The Kier molecular flexibility index (Phi) is 4.25. The minimum Gasteiger partial charge on any atom is -0.492 e. The maximum Gasteiger partial charge on any atom is 0.336 e. The van der Waals surface area contributed by atoms with Crippen LogP contribution in [0.2, 0.25) is 0 Å². The van der Waals surface area contributed by atoms with Crippen molar-refractivity contribution in [2.75, 3.05) is 11.9 Å². The number of ether oxygens (including phenoxy) is 1. The average molecular weight is 325 g/mol.